The Morgan fingerprint density at radius 3 is 2.67 bits per heavy atom. The largest absolute Gasteiger partial charge is 0.496 e. The SMILES string of the molecule is CCOc1cc(C(=O)N2CCC3(CCc4cc(NC(=O)O)ccc4O3)CC2=O)cc(OC)c1-c1cnn(C)c1. The van der Waals surface area contributed by atoms with Gasteiger partial charge in [-0.2, -0.15) is 5.10 Å². The van der Waals surface area contributed by atoms with Crippen LogP contribution in [0.4, 0.5) is 10.5 Å². The van der Waals surface area contributed by atoms with Gasteiger partial charge in [-0.25, -0.2) is 4.79 Å². The minimum absolute atomic E-state index is 0.0660. The lowest BCUT2D eigenvalue weighted by molar-refractivity contribution is -0.139. The molecule has 2 aliphatic heterocycles. The van der Waals surface area contributed by atoms with Gasteiger partial charge < -0.3 is 19.3 Å². The molecule has 0 radical (unpaired) electrons. The Bertz CT molecular complexity index is 1450. The van der Waals surface area contributed by atoms with E-state index in [0.29, 0.717) is 59.9 Å². The standard InChI is InChI=1S/C28H30N4O7/c1-4-38-23-13-18(12-22(37-3)25(23)19-15-29-31(2)16-19)26(34)32-10-9-28(14-24(32)33)8-7-17-11-20(30-27(35)36)5-6-21(17)39-28/h5-6,11-13,15-16,30H,4,7-10,14H2,1-3H3,(H,35,36). The Kier molecular flexibility index (Phi) is 6.90. The summed E-state index contributed by atoms with van der Waals surface area (Å²) >= 11 is 0. The number of likely N-dealkylation sites (tertiary alicyclic amines) is 1. The van der Waals surface area contributed by atoms with Gasteiger partial charge in [-0.3, -0.25) is 24.5 Å². The zero-order valence-electron chi connectivity index (χ0n) is 22.0. The van der Waals surface area contributed by atoms with E-state index >= 15 is 0 Å². The predicted octanol–water partition coefficient (Wildman–Crippen LogP) is 4.11. The molecule has 1 spiro atoms. The van der Waals surface area contributed by atoms with Gasteiger partial charge in [-0.15, -0.1) is 0 Å². The molecule has 204 valence electrons. The number of fused-ring (bicyclic) bond motifs is 1. The molecule has 0 bridgehead atoms. The molecule has 3 heterocycles. The molecule has 1 aromatic heterocycles. The Morgan fingerprint density at radius 1 is 1.21 bits per heavy atom. The average Bonchev–Trinajstić information content (AvgIpc) is 3.33. The van der Waals surface area contributed by atoms with Crippen LogP contribution in [0.25, 0.3) is 11.1 Å². The highest BCUT2D eigenvalue weighted by Gasteiger charge is 2.45. The van der Waals surface area contributed by atoms with Crippen molar-refractivity contribution < 1.29 is 33.7 Å². The summed E-state index contributed by atoms with van der Waals surface area (Å²) in [5, 5.41) is 15.5. The van der Waals surface area contributed by atoms with Crippen LogP contribution in [-0.4, -0.2) is 63.6 Å². The number of aromatic nitrogens is 2. The van der Waals surface area contributed by atoms with Gasteiger partial charge in [0.05, 0.1) is 31.9 Å². The van der Waals surface area contributed by atoms with Gasteiger partial charge in [0.1, 0.15) is 22.8 Å². The third-order valence-corrected chi connectivity index (χ3v) is 7.13. The van der Waals surface area contributed by atoms with E-state index in [2.05, 4.69) is 10.4 Å². The molecule has 3 amide bonds. The van der Waals surface area contributed by atoms with Crippen molar-refractivity contribution in [3.8, 4) is 28.4 Å². The number of hydrogen-bond donors (Lipinski definition) is 2. The first-order valence-corrected chi connectivity index (χ1v) is 12.7. The molecular weight excluding hydrogens is 504 g/mol. The highest BCUT2D eigenvalue weighted by molar-refractivity contribution is 6.06. The number of aryl methyl sites for hydroxylation is 2. The summed E-state index contributed by atoms with van der Waals surface area (Å²) in [5.74, 6) is 0.807. The molecule has 39 heavy (non-hydrogen) atoms. The fourth-order valence-corrected chi connectivity index (χ4v) is 5.27. The number of rotatable bonds is 6. The number of amides is 3. The zero-order valence-corrected chi connectivity index (χ0v) is 22.0. The minimum atomic E-state index is -1.14. The van der Waals surface area contributed by atoms with Crippen molar-refractivity contribution in [3.63, 3.8) is 0 Å². The maximum absolute atomic E-state index is 13.6. The molecule has 1 saturated heterocycles. The highest BCUT2D eigenvalue weighted by Crippen LogP contribution is 2.42. The fourth-order valence-electron chi connectivity index (χ4n) is 5.27. The number of imide groups is 1. The number of carboxylic acid groups (broad SMARTS) is 1. The van der Waals surface area contributed by atoms with Crippen molar-refractivity contribution in [2.75, 3.05) is 25.6 Å². The highest BCUT2D eigenvalue weighted by atomic mass is 16.5. The topological polar surface area (TPSA) is 132 Å². The van der Waals surface area contributed by atoms with E-state index in [4.69, 9.17) is 19.3 Å². The summed E-state index contributed by atoms with van der Waals surface area (Å²) < 4.78 is 19.5. The van der Waals surface area contributed by atoms with Crippen LogP contribution in [0, 0.1) is 0 Å². The zero-order chi connectivity index (χ0) is 27.7. The number of carbonyl (C=O) groups excluding carboxylic acids is 2. The molecule has 1 fully saturated rings. The Labute approximate surface area is 225 Å². The molecule has 11 nitrogen and oxygen atoms in total. The third kappa shape index (κ3) is 5.12. The summed E-state index contributed by atoms with van der Waals surface area (Å²) in [6.07, 6.45) is 4.17. The first-order valence-electron chi connectivity index (χ1n) is 12.7. The Hall–Kier alpha value is -4.54. The van der Waals surface area contributed by atoms with Crippen LogP contribution in [0.5, 0.6) is 17.2 Å². The Morgan fingerprint density at radius 2 is 2.00 bits per heavy atom. The molecule has 2 aliphatic rings. The molecule has 2 aromatic carbocycles. The van der Waals surface area contributed by atoms with Crippen LogP contribution in [-0.2, 0) is 18.3 Å². The van der Waals surface area contributed by atoms with E-state index < -0.39 is 17.6 Å². The molecule has 11 heteroatoms. The second kappa shape index (κ2) is 10.3. The summed E-state index contributed by atoms with van der Waals surface area (Å²) in [4.78, 5) is 39.1. The number of ether oxygens (including phenoxy) is 3. The van der Waals surface area contributed by atoms with Crippen molar-refractivity contribution in [2.24, 2.45) is 7.05 Å². The minimum Gasteiger partial charge on any atom is -0.496 e. The quantitative estimate of drug-likeness (QED) is 0.452. The van der Waals surface area contributed by atoms with Gasteiger partial charge in [0.15, 0.2) is 0 Å². The molecule has 0 saturated carbocycles. The van der Waals surface area contributed by atoms with Gasteiger partial charge in [0.25, 0.3) is 5.91 Å². The van der Waals surface area contributed by atoms with Crippen molar-refractivity contribution >= 4 is 23.6 Å². The molecule has 3 aromatic rings. The molecule has 2 N–H and O–H groups in total. The van der Waals surface area contributed by atoms with E-state index in [1.54, 1.807) is 41.2 Å². The Balaban J connectivity index is 1.36. The van der Waals surface area contributed by atoms with Crippen LogP contribution in [0.2, 0.25) is 0 Å². The second-order valence-corrected chi connectivity index (χ2v) is 9.70. The van der Waals surface area contributed by atoms with Gasteiger partial charge in [0.2, 0.25) is 5.91 Å². The normalized spacial score (nSPS) is 18.3. The lowest BCUT2D eigenvalue weighted by Gasteiger charge is -2.43. The fraction of sp³-hybridized carbons (Fsp3) is 0.357. The second-order valence-electron chi connectivity index (χ2n) is 9.70. The number of hydrogen-bond acceptors (Lipinski definition) is 7. The summed E-state index contributed by atoms with van der Waals surface area (Å²) in [6.45, 7) is 2.45. The third-order valence-electron chi connectivity index (χ3n) is 7.13. The van der Waals surface area contributed by atoms with E-state index in [0.717, 1.165) is 11.1 Å². The number of anilines is 1. The number of carbonyl (C=O) groups is 3. The predicted molar refractivity (Wildman–Crippen MR) is 141 cm³/mol. The van der Waals surface area contributed by atoms with Crippen LogP contribution >= 0.6 is 0 Å². The smallest absolute Gasteiger partial charge is 0.409 e. The van der Waals surface area contributed by atoms with Crippen LogP contribution in [0.15, 0.2) is 42.7 Å². The van der Waals surface area contributed by atoms with Gasteiger partial charge in [-0.1, -0.05) is 0 Å². The van der Waals surface area contributed by atoms with Crippen LogP contribution < -0.4 is 19.5 Å². The number of piperidine rings is 1. The van der Waals surface area contributed by atoms with Crippen molar-refractivity contribution in [2.45, 2.75) is 38.2 Å². The van der Waals surface area contributed by atoms with Gasteiger partial charge in [0, 0.05) is 43.0 Å². The van der Waals surface area contributed by atoms with E-state index in [1.165, 1.54) is 12.0 Å². The van der Waals surface area contributed by atoms with Crippen LogP contribution in [0.3, 0.4) is 0 Å². The maximum atomic E-state index is 13.6. The number of nitrogens with zero attached hydrogens (tertiary/aromatic N) is 3. The van der Waals surface area contributed by atoms with Crippen molar-refractivity contribution in [1.82, 2.24) is 14.7 Å². The maximum Gasteiger partial charge on any atom is 0.409 e. The average molecular weight is 535 g/mol. The van der Waals surface area contributed by atoms with Gasteiger partial charge in [-0.05, 0) is 55.7 Å². The lowest BCUT2D eigenvalue weighted by atomic mass is 9.82. The summed E-state index contributed by atoms with van der Waals surface area (Å²) in [5.41, 5.74) is 2.40. The van der Waals surface area contributed by atoms with Crippen molar-refractivity contribution in [3.05, 3.63) is 53.9 Å². The summed E-state index contributed by atoms with van der Waals surface area (Å²) in [6, 6.07) is 8.36. The van der Waals surface area contributed by atoms with Crippen LogP contribution in [0.1, 0.15) is 42.1 Å². The lowest BCUT2D eigenvalue weighted by Crippen LogP contribution is -2.54. The molecule has 1 atom stereocenters. The van der Waals surface area contributed by atoms with Crippen molar-refractivity contribution in [1.29, 1.82) is 0 Å². The first kappa shape index (κ1) is 26.1. The molecule has 1 unspecified atom stereocenters. The number of nitrogens with one attached hydrogen (secondary N) is 1. The van der Waals surface area contributed by atoms with E-state index in [9.17, 15) is 14.4 Å². The monoisotopic (exact) mass is 534 g/mol. The number of benzene rings is 2. The summed E-state index contributed by atoms with van der Waals surface area (Å²) in [7, 11) is 3.33. The molecular formula is C28H30N4O7. The molecule has 0 aliphatic carbocycles. The van der Waals surface area contributed by atoms with Gasteiger partial charge >= 0.3 is 6.09 Å². The van der Waals surface area contributed by atoms with E-state index in [1.807, 2.05) is 20.2 Å². The first-order chi connectivity index (χ1) is 18.7. The van der Waals surface area contributed by atoms with E-state index in [-0.39, 0.29) is 18.9 Å². The number of methoxy groups -OCH3 is 1. The molecule has 5 rings (SSSR count).